The van der Waals surface area contributed by atoms with Gasteiger partial charge in [-0.05, 0) is 43.3 Å². The van der Waals surface area contributed by atoms with Crippen LogP contribution in [0.1, 0.15) is 25.8 Å². The van der Waals surface area contributed by atoms with Gasteiger partial charge in [0.1, 0.15) is 5.75 Å². The van der Waals surface area contributed by atoms with E-state index in [4.69, 9.17) is 4.74 Å². The second-order valence-electron chi connectivity index (χ2n) is 5.36. The maximum atomic E-state index is 5.32. The van der Waals surface area contributed by atoms with Gasteiger partial charge >= 0.3 is 0 Å². The summed E-state index contributed by atoms with van der Waals surface area (Å²) in [6.45, 7) is 10.2. The molecule has 20 heavy (non-hydrogen) atoms. The highest BCUT2D eigenvalue weighted by Gasteiger charge is 2.26. The normalized spacial score (nSPS) is 19.8. The third-order valence-corrected chi connectivity index (χ3v) is 5.00. The lowest BCUT2D eigenvalue weighted by Gasteiger charge is -2.26. The number of likely N-dealkylation sites (tertiary alicyclic amines) is 1. The number of methoxy groups -OCH3 is 1. The van der Waals surface area contributed by atoms with Crippen molar-refractivity contribution in [3.8, 4) is 5.75 Å². The topological polar surface area (TPSA) is 15.7 Å². The van der Waals surface area contributed by atoms with Gasteiger partial charge in [0.15, 0.2) is 0 Å². The first-order chi connectivity index (χ1) is 9.67. The van der Waals surface area contributed by atoms with Gasteiger partial charge in [0.05, 0.1) is 7.11 Å². The number of rotatable bonds is 6. The molecule has 0 radical (unpaired) electrons. The molecule has 1 heterocycles. The lowest BCUT2D eigenvalue weighted by Crippen LogP contribution is -2.37. The second kappa shape index (κ2) is 7.43. The molecule has 1 aromatic rings. The van der Waals surface area contributed by atoms with Crippen LogP contribution in [0.15, 0.2) is 22.7 Å². The fourth-order valence-electron chi connectivity index (χ4n) is 3.03. The summed E-state index contributed by atoms with van der Waals surface area (Å²) in [5, 5.41) is 0. The zero-order valence-corrected chi connectivity index (χ0v) is 14.3. The van der Waals surface area contributed by atoms with Crippen LogP contribution in [0, 0.1) is 0 Å². The SMILES string of the molecule is CCN(CC)C1CCN(Cc2cc(OC)ccc2Br)C1. The van der Waals surface area contributed by atoms with Gasteiger partial charge in [-0.2, -0.15) is 0 Å². The third kappa shape index (κ3) is 3.74. The molecule has 1 saturated heterocycles. The van der Waals surface area contributed by atoms with Crippen LogP contribution >= 0.6 is 15.9 Å². The van der Waals surface area contributed by atoms with Gasteiger partial charge in [-0.15, -0.1) is 0 Å². The lowest BCUT2D eigenvalue weighted by molar-refractivity contribution is 0.209. The fourth-order valence-corrected chi connectivity index (χ4v) is 3.41. The molecule has 0 bridgehead atoms. The Morgan fingerprint density at radius 2 is 2.10 bits per heavy atom. The van der Waals surface area contributed by atoms with Gasteiger partial charge in [0, 0.05) is 30.1 Å². The van der Waals surface area contributed by atoms with Gasteiger partial charge in [0.2, 0.25) is 0 Å². The monoisotopic (exact) mass is 340 g/mol. The first kappa shape index (κ1) is 15.8. The number of hydrogen-bond donors (Lipinski definition) is 0. The van der Waals surface area contributed by atoms with E-state index in [2.05, 4.69) is 51.7 Å². The van der Waals surface area contributed by atoms with Gasteiger partial charge in [-0.3, -0.25) is 9.80 Å². The van der Waals surface area contributed by atoms with E-state index in [9.17, 15) is 0 Å². The van der Waals surface area contributed by atoms with Crippen molar-refractivity contribution in [1.82, 2.24) is 9.80 Å². The van der Waals surface area contributed by atoms with Gasteiger partial charge < -0.3 is 4.74 Å². The average Bonchev–Trinajstić information content (AvgIpc) is 2.91. The predicted octanol–water partition coefficient (Wildman–Crippen LogP) is 3.37. The molecule has 2 rings (SSSR count). The van der Waals surface area contributed by atoms with Gasteiger partial charge in [0.25, 0.3) is 0 Å². The molecule has 1 unspecified atom stereocenters. The van der Waals surface area contributed by atoms with E-state index >= 15 is 0 Å². The van der Waals surface area contributed by atoms with Crippen molar-refractivity contribution in [1.29, 1.82) is 0 Å². The highest BCUT2D eigenvalue weighted by molar-refractivity contribution is 9.10. The van der Waals surface area contributed by atoms with Crippen molar-refractivity contribution < 1.29 is 4.74 Å². The van der Waals surface area contributed by atoms with Crippen LogP contribution in [0.2, 0.25) is 0 Å². The van der Waals surface area contributed by atoms with E-state index in [1.165, 1.54) is 29.5 Å². The molecular weight excluding hydrogens is 316 g/mol. The number of hydrogen-bond acceptors (Lipinski definition) is 3. The quantitative estimate of drug-likeness (QED) is 0.789. The number of likely N-dealkylation sites (N-methyl/N-ethyl adjacent to an activating group) is 1. The summed E-state index contributed by atoms with van der Waals surface area (Å²) in [4.78, 5) is 5.11. The van der Waals surface area contributed by atoms with Crippen LogP contribution in [0.5, 0.6) is 5.75 Å². The Labute approximate surface area is 131 Å². The maximum Gasteiger partial charge on any atom is 0.119 e. The molecule has 3 nitrogen and oxygen atoms in total. The molecule has 0 saturated carbocycles. The van der Waals surface area contributed by atoms with Crippen molar-refractivity contribution in [2.45, 2.75) is 32.9 Å². The molecule has 1 atom stereocenters. The van der Waals surface area contributed by atoms with Crippen LogP contribution in [0.4, 0.5) is 0 Å². The molecule has 0 N–H and O–H groups in total. The number of halogens is 1. The summed E-state index contributed by atoms with van der Waals surface area (Å²) in [6.07, 6.45) is 1.28. The Morgan fingerprint density at radius 3 is 2.75 bits per heavy atom. The minimum atomic E-state index is 0.717. The minimum Gasteiger partial charge on any atom is -0.497 e. The lowest BCUT2D eigenvalue weighted by atomic mass is 10.2. The van der Waals surface area contributed by atoms with Crippen LogP contribution in [-0.2, 0) is 6.54 Å². The molecule has 1 fully saturated rings. The number of nitrogens with zero attached hydrogens (tertiary/aromatic N) is 2. The predicted molar refractivity (Wildman–Crippen MR) is 87.3 cm³/mol. The van der Waals surface area contributed by atoms with E-state index in [1.54, 1.807) is 7.11 Å². The Kier molecular flexibility index (Phi) is 5.87. The van der Waals surface area contributed by atoms with Crippen molar-refractivity contribution >= 4 is 15.9 Å². The Hall–Kier alpha value is -0.580. The highest BCUT2D eigenvalue weighted by atomic mass is 79.9. The first-order valence-electron chi connectivity index (χ1n) is 7.46. The van der Waals surface area contributed by atoms with Crippen LogP contribution < -0.4 is 4.74 Å². The summed E-state index contributed by atoms with van der Waals surface area (Å²) >= 11 is 3.65. The molecule has 0 spiro atoms. The molecular formula is C16H25BrN2O. The molecule has 1 aliphatic heterocycles. The highest BCUT2D eigenvalue weighted by Crippen LogP contribution is 2.26. The van der Waals surface area contributed by atoms with Crippen molar-refractivity contribution in [3.63, 3.8) is 0 Å². The zero-order valence-electron chi connectivity index (χ0n) is 12.7. The Balaban J connectivity index is 1.98. The van der Waals surface area contributed by atoms with E-state index in [1.807, 2.05) is 6.07 Å². The number of ether oxygens (including phenoxy) is 1. The molecule has 0 aliphatic carbocycles. The summed E-state index contributed by atoms with van der Waals surface area (Å²) in [5.41, 5.74) is 1.31. The summed E-state index contributed by atoms with van der Waals surface area (Å²) in [7, 11) is 1.72. The minimum absolute atomic E-state index is 0.717. The smallest absolute Gasteiger partial charge is 0.119 e. The van der Waals surface area contributed by atoms with Gasteiger partial charge in [-0.1, -0.05) is 29.8 Å². The Morgan fingerprint density at radius 1 is 1.35 bits per heavy atom. The summed E-state index contributed by atoms with van der Waals surface area (Å²) < 4.78 is 6.49. The van der Waals surface area contributed by atoms with Crippen molar-refractivity contribution in [3.05, 3.63) is 28.2 Å². The van der Waals surface area contributed by atoms with E-state index < -0.39 is 0 Å². The molecule has 4 heteroatoms. The standard InChI is InChI=1S/C16H25BrN2O/c1-4-19(5-2)14-8-9-18(12-14)11-13-10-15(20-3)6-7-16(13)17/h6-7,10,14H,4-5,8-9,11-12H2,1-3H3. The van der Waals surface area contributed by atoms with E-state index in [-0.39, 0.29) is 0 Å². The average molecular weight is 341 g/mol. The summed E-state index contributed by atoms with van der Waals surface area (Å²) in [6, 6.07) is 6.92. The van der Waals surface area contributed by atoms with Crippen LogP contribution in [-0.4, -0.2) is 49.1 Å². The van der Waals surface area contributed by atoms with E-state index in [0.717, 1.165) is 31.4 Å². The molecule has 0 amide bonds. The maximum absolute atomic E-state index is 5.32. The molecule has 112 valence electrons. The molecule has 1 aromatic carbocycles. The molecule has 1 aliphatic rings. The van der Waals surface area contributed by atoms with Gasteiger partial charge in [-0.25, -0.2) is 0 Å². The van der Waals surface area contributed by atoms with Crippen LogP contribution in [0.25, 0.3) is 0 Å². The number of benzene rings is 1. The zero-order chi connectivity index (χ0) is 14.5. The van der Waals surface area contributed by atoms with Crippen molar-refractivity contribution in [2.24, 2.45) is 0 Å². The second-order valence-corrected chi connectivity index (χ2v) is 6.21. The third-order valence-electron chi connectivity index (χ3n) is 4.22. The Bertz CT molecular complexity index is 434. The largest absolute Gasteiger partial charge is 0.497 e. The molecule has 0 aromatic heterocycles. The van der Waals surface area contributed by atoms with Crippen LogP contribution in [0.3, 0.4) is 0 Å². The fraction of sp³-hybridized carbons (Fsp3) is 0.625. The van der Waals surface area contributed by atoms with Crippen molar-refractivity contribution in [2.75, 3.05) is 33.3 Å². The summed E-state index contributed by atoms with van der Waals surface area (Å²) in [5.74, 6) is 0.933. The first-order valence-corrected chi connectivity index (χ1v) is 8.26. The van der Waals surface area contributed by atoms with E-state index in [0.29, 0.717) is 0 Å².